The Morgan fingerprint density at radius 1 is 1.80 bits per heavy atom. The van der Waals surface area contributed by atoms with Gasteiger partial charge in [0.25, 0.3) is 0 Å². The van der Waals surface area contributed by atoms with Crippen LogP contribution in [0.25, 0.3) is 0 Å². The van der Waals surface area contributed by atoms with Gasteiger partial charge >= 0.3 is 6.09 Å². The number of hydrogen-bond donors (Lipinski definition) is 0. The lowest BCUT2D eigenvalue weighted by atomic mass is 10.9. The Bertz CT molecular complexity index is 209. The van der Waals surface area contributed by atoms with Crippen molar-refractivity contribution in [3.8, 4) is 0 Å². The summed E-state index contributed by atoms with van der Waals surface area (Å²) >= 11 is 1.95. The van der Waals surface area contributed by atoms with Gasteiger partial charge in [-0.05, 0) is 22.6 Å². The van der Waals surface area contributed by atoms with E-state index in [4.69, 9.17) is 0 Å². The molecule has 1 aromatic rings. The average molecular weight is 252 g/mol. The summed E-state index contributed by atoms with van der Waals surface area (Å²) in [6, 6.07) is 0. The second-order valence-electron chi connectivity index (χ2n) is 1.49. The van der Waals surface area contributed by atoms with E-state index in [0.29, 0.717) is 4.61 Å². The van der Waals surface area contributed by atoms with Crippen molar-refractivity contribution in [1.82, 2.24) is 9.55 Å². The van der Waals surface area contributed by atoms with E-state index in [9.17, 15) is 4.79 Å². The number of aromatic nitrogens is 2. The Morgan fingerprint density at radius 2 is 2.60 bits per heavy atom. The lowest BCUT2D eigenvalue weighted by Gasteiger charge is -1.97. The molecule has 0 amide bonds. The summed E-state index contributed by atoms with van der Waals surface area (Å²) in [7, 11) is 0. The van der Waals surface area contributed by atoms with Crippen LogP contribution in [0.4, 0.5) is 4.79 Å². The molecule has 0 saturated heterocycles. The number of rotatable bonds is 1. The van der Waals surface area contributed by atoms with E-state index in [-0.39, 0.29) is 0 Å². The molecular formula is C5H5IN2O2. The van der Waals surface area contributed by atoms with E-state index >= 15 is 0 Å². The Hall–Kier alpha value is -0.590. The topological polar surface area (TPSA) is 44.1 Å². The van der Waals surface area contributed by atoms with Crippen molar-refractivity contribution in [2.75, 3.05) is 4.61 Å². The fourth-order valence-corrected chi connectivity index (χ4v) is 0.755. The van der Waals surface area contributed by atoms with Gasteiger partial charge in [0.15, 0.2) is 0 Å². The first-order valence-electron chi connectivity index (χ1n) is 2.55. The van der Waals surface area contributed by atoms with Crippen molar-refractivity contribution in [3.05, 3.63) is 18.7 Å². The minimum Gasteiger partial charge on any atom is -0.438 e. The minimum atomic E-state index is -0.396. The highest BCUT2D eigenvalue weighted by atomic mass is 127. The molecule has 0 N–H and O–H groups in total. The summed E-state index contributed by atoms with van der Waals surface area (Å²) in [5.41, 5.74) is 0. The van der Waals surface area contributed by atoms with Crippen molar-refractivity contribution in [3.63, 3.8) is 0 Å². The first kappa shape index (κ1) is 7.52. The molecule has 0 atom stereocenters. The molecule has 0 aliphatic heterocycles. The Labute approximate surface area is 71.3 Å². The first-order chi connectivity index (χ1) is 4.84. The molecule has 0 aliphatic rings. The molecule has 0 saturated carbocycles. The molecule has 0 spiro atoms. The monoisotopic (exact) mass is 252 g/mol. The van der Waals surface area contributed by atoms with E-state index in [1.807, 2.05) is 22.6 Å². The molecule has 0 aliphatic carbocycles. The zero-order valence-corrected chi connectivity index (χ0v) is 7.19. The molecule has 1 rings (SSSR count). The maximum Gasteiger partial charge on any atom is 0.420 e. The molecule has 4 nitrogen and oxygen atoms in total. The van der Waals surface area contributed by atoms with Crippen LogP contribution in [0.2, 0.25) is 0 Å². The predicted molar refractivity (Wildman–Crippen MR) is 43.0 cm³/mol. The van der Waals surface area contributed by atoms with Crippen LogP contribution >= 0.6 is 22.6 Å². The third-order valence-electron chi connectivity index (χ3n) is 0.893. The van der Waals surface area contributed by atoms with Gasteiger partial charge in [-0.15, -0.1) is 0 Å². The Kier molecular flexibility index (Phi) is 2.67. The first-order valence-corrected chi connectivity index (χ1v) is 4.08. The molecule has 5 heteroatoms. The van der Waals surface area contributed by atoms with Gasteiger partial charge in [-0.1, -0.05) is 0 Å². The lowest BCUT2D eigenvalue weighted by Crippen LogP contribution is -2.09. The Balaban J connectivity index is 2.59. The third-order valence-corrected chi connectivity index (χ3v) is 1.20. The number of ether oxygens (including phenoxy) is 1. The molecule has 10 heavy (non-hydrogen) atoms. The summed E-state index contributed by atoms with van der Waals surface area (Å²) in [5.74, 6) is 0. The quantitative estimate of drug-likeness (QED) is 0.558. The standard InChI is InChI=1S/C5H5IN2O2/c6-3-10-5(9)8-2-1-7-4-8/h1-2,4H,3H2. The number of imidazole rings is 1. The van der Waals surface area contributed by atoms with Crippen LogP contribution in [0.3, 0.4) is 0 Å². The summed E-state index contributed by atoms with van der Waals surface area (Å²) in [4.78, 5) is 14.5. The number of hydrogen-bond acceptors (Lipinski definition) is 3. The summed E-state index contributed by atoms with van der Waals surface area (Å²) < 4.78 is 6.29. The molecule has 0 unspecified atom stereocenters. The number of carbonyl (C=O) groups is 1. The minimum absolute atomic E-state index is 0.356. The average Bonchev–Trinajstić information content (AvgIpc) is 2.38. The van der Waals surface area contributed by atoms with Crippen LogP contribution in [0.15, 0.2) is 18.7 Å². The molecule has 1 aromatic heterocycles. The van der Waals surface area contributed by atoms with Gasteiger partial charge in [0.1, 0.15) is 10.9 Å². The van der Waals surface area contributed by atoms with E-state index in [1.54, 1.807) is 0 Å². The van der Waals surface area contributed by atoms with Gasteiger partial charge < -0.3 is 4.74 Å². The van der Waals surface area contributed by atoms with Crippen LogP contribution in [-0.2, 0) is 4.74 Å². The second-order valence-corrected chi connectivity index (χ2v) is 2.11. The highest BCUT2D eigenvalue weighted by Gasteiger charge is 2.01. The van der Waals surface area contributed by atoms with Crippen molar-refractivity contribution in [2.45, 2.75) is 0 Å². The van der Waals surface area contributed by atoms with Gasteiger partial charge in [0.2, 0.25) is 0 Å². The maximum absolute atomic E-state index is 10.8. The third kappa shape index (κ3) is 1.69. The molecule has 0 aromatic carbocycles. The number of alkyl halides is 1. The van der Waals surface area contributed by atoms with Crippen molar-refractivity contribution in [2.24, 2.45) is 0 Å². The zero-order valence-electron chi connectivity index (χ0n) is 5.03. The van der Waals surface area contributed by atoms with Crippen molar-refractivity contribution in [1.29, 1.82) is 0 Å². The molecule has 0 radical (unpaired) electrons. The molecule has 1 heterocycles. The van der Waals surface area contributed by atoms with Crippen LogP contribution in [-0.4, -0.2) is 20.3 Å². The van der Waals surface area contributed by atoms with Crippen LogP contribution < -0.4 is 0 Å². The molecular weight excluding hydrogens is 247 g/mol. The van der Waals surface area contributed by atoms with Gasteiger partial charge in [-0.25, -0.2) is 14.3 Å². The number of halogens is 1. The summed E-state index contributed by atoms with van der Waals surface area (Å²) in [6.45, 7) is 0. The zero-order chi connectivity index (χ0) is 7.40. The van der Waals surface area contributed by atoms with Crippen molar-refractivity contribution >= 4 is 28.7 Å². The predicted octanol–water partition coefficient (Wildman–Crippen LogP) is 1.26. The summed E-state index contributed by atoms with van der Waals surface area (Å²) in [5, 5.41) is 0. The second kappa shape index (κ2) is 3.55. The number of nitrogens with zero attached hydrogens (tertiary/aromatic N) is 2. The van der Waals surface area contributed by atoms with Crippen molar-refractivity contribution < 1.29 is 9.53 Å². The fraction of sp³-hybridized carbons (Fsp3) is 0.200. The highest BCUT2D eigenvalue weighted by molar-refractivity contribution is 14.1. The van der Waals surface area contributed by atoms with Gasteiger partial charge in [-0.2, -0.15) is 0 Å². The number of carbonyl (C=O) groups excluding carboxylic acids is 1. The van der Waals surface area contributed by atoms with Gasteiger partial charge in [0, 0.05) is 12.4 Å². The van der Waals surface area contributed by atoms with E-state index in [1.165, 1.54) is 23.3 Å². The molecule has 54 valence electrons. The normalized spacial score (nSPS) is 9.30. The maximum atomic E-state index is 10.8. The van der Waals surface area contributed by atoms with Gasteiger partial charge in [-0.3, -0.25) is 0 Å². The van der Waals surface area contributed by atoms with Gasteiger partial charge in [0.05, 0.1) is 0 Å². The smallest absolute Gasteiger partial charge is 0.420 e. The van der Waals surface area contributed by atoms with E-state index in [0.717, 1.165) is 0 Å². The van der Waals surface area contributed by atoms with Crippen LogP contribution in [0.1, 0.15) is 0 Å². The molecule has 0 fully saturated rings. The van der Waals surface area contributed by atoms with E-state index in [2.05, 4.69) is 9.72 Å². The Morgan fingerprint density at radius 3 is 3.10 bits per heavy atom. The lowest BCUT2D eigenvalue weighted by molar-refractivity contribution is 0.170. The van der Waals surface area contributed by atoms with Crippen LogP contribution in [0, 0.1) is 0 Å². The largest absolute Gasteiger partial charge is 0.438 e. The molecule has 0 bridgehead atoms. The highest BCUT2D eigenvalue weighted by Crippen LogP contribution is 1.91. The van der Waals surface area contributed by atoms with Crippen LogP contribution in [0.5, 0.6) is 0 Å². The van der Waals surface area contributed by atoms with E-state index < -0.39 is 6.09 Å². The fourth-order valence-electron chi connectivity index (χ4n) is 0.488. The SMILES string of the molecule is O=C(OCI)n1ccnc1. The summed E-state index contributed by atoms with van der Waals surface area (Å²) in [6.07, 6.45) is 4.06.